The second kappa shape index (κ2) is 5.27. The number of nitrogens with zero attached hydrogens (tertiary/aromatic N) is 2. The summed E-state index contributed by atoms with van der Waals surface area (Å²) in [5.74, 6) is 5.25. The zero-order valence-electron chi connectivity index (χ0n) is 11.9. The molecule has 21 heavy (non-hydrogen) atoms. The molecule has 0 atom stereocenters. The van der Waals surface area contributed by atoms with Crippen LogP contribution in [0.25, 0.3) is 10.8 Å². The molecule has 5 nitrogen and oxygen atoms in total. The van der Waals surface area contributed by atoms with Crippen molar-refractivity contribution in [2.45, 2.75) is 6.92 Å². The molecule has 1 aliphatic heterocycles. The van der Waals surface area contributed by atoms with Crippen molar-refractivity contribution in [2.75, 3.05) is 19.6 Å². The molecule has 0 saturated carbocycles. The number of carbonyl (C=O) groups excluding carboxylic acids is 2. The molecule has 0 unspecified atom stereocenters. The number of imide groups is 1. The van der Waals surface area contributed by atoms with Crippen LogP contribution in [0.1, 0.15) is 27.6 Å². The highest BCUT2D eigenvalue weighted by Crippen LogP contribution is 2.29. The van der Waals surface area contributed by atoms with E-state index < -0.39 is 0 Å². The molecule has 2 amide bonds. The molecule has 5 heteroatoms. The Morgan fingerprint density at radius 1 is 1.05 bits per heavy atom. The molecule has 0 saturated heterocycles. The van der Waals surface area contributed by atoms with E-state index in [1.165, 1.54) is 4.90 Å². The zero-order valence-corrected chi connectivity index (χ0v) is 11.9. The molecule has 3 rings (SSSR count). The molecule has 0 fully saturated rings. The van der Waals surface area contributed by atoms with Crippen LogP contribution >= 0.6 is 0 Å². The third-order valence-corrected chi connectivity index (χ3v) is 3.87. The van der Waals surface area contributed by atoms with Crippen LogP contribution in [-0.2, 0) is 0 Å². The third kappa shape index (κ3) is 2.20. The maximum atomic E-state index is 12.6. The highest BCUT2D eigenvalue weighted by molar-refractivity contribution is 6.25. The van der Waals surface area contributed by atoms with Crippen molar-refractivity contribution in [3.05, 3.63) is 47.5 Å². The molecular weight excluding hydrogens is 266 g/mol. The smallest absolute Gasteiger partial charge is 0.261 e. The fourth-order valence-electron chi connectivity index (χ4n) is 2.67. The van der Waals surface area contributed by atoms with E-state index in [0.717, 1.165) is 10.8 Å². The number of benzene rings is 2. The van der Waals surface area contributed by atoms with Gasteiger partial charge in [0.1, 0.15) is 0 Å². The first-order chi connectivity index (χ1) is 10.1. The van der Waals surface area contributed by atoms with Crippen LogP contribution in [-0.4, -0.2) is 41.4 Å². The van der Waals surface area contributed by atoms with Gasteiger partial charge in [-0.3, -0.25) is 20.3 Å². The topological polar surface area (TPSA) is 66.6 Å². The van der Waals surface area contributed by atoms with E-state index in [0.29, 0.717) is 30.8 Å². The molecule has 0 spiro atoms. The van der Waals surface area contributed by atoms with Gasteiger partial charge in [0.15, 0.2) is 0 Å². The number of rotatable bonds is 4. The van der Waals surface area contributed by atoms with Crippen molar-refractivity contribution in [1.29, 1.82) is 0 Å². The Bertz CT molecular complexity index is 676. The highest BCUT2D eigenvalue weighted by Gasteiger charge is 2.32. The van der Waals surface area contributed by atoms with E-state index in [1.54, 1.807) is 17.1 Å². The van der Waals surface area contributed by atoms with Crippen LogP contribution in [0.4, 0.5) is 0 Å². The molecule has 0 radical (unpaired) electrons. The van der Waals surface area contributed by atoms with Crippen molar-refractivity contribution in [3.63, 3.8) is 0 Å². The van der Waals surface area contributed by atoms with E-state index in [9.17, 15) is 9.59 Å². The first-order valence-corrected chi connectivity index (χ1v) is 7.01. The Balaban J connectivity index is 2.03. The average molecular weight is 283 g/mol. The monoisotopic (exact) mass is 283 g/mol. The Hall–Kier alpha value is -2.24. The van der Waals surface area contributed by atoms with Gasteiger partial charge in [0, 0.05) is 36.1 Å². The molecule has 2 N–H and O–H groups in total. The van der Waals surface area contributed by atoms with Crippen LogP contribution < -0.4 is 5.84 Å². The molecule has 108 valence electrons. The third-order valence-electron chi connectivity index (χ3n) is 3.87. The number of hydrazine groups is 1. The second-order valence-corrected chi connectivity index (χ2v) is 5.10. The summed E-state index contributed by atoms with van der Waals surface area (Å²) < 4.78 is 0. The van der Waals surface area contributed by atoms with Crippen LogP contribution in [0.2, 0.25) is 0 Å². The summed E-state index contributed by atoms with van der Waals surface area (Å²) in [6.07, 6.45) is 0. The lowest BCUT2D eigenvalue weighted by atomic mass is 9.94. The minimum atomic E-state index is -0.242. The van der Waals surface area contributed by atoms with E-state index in [1.807, 2.05) is 31.2 Å². The molecule has 0 aliphatic carbocycles. The number of hydrogen-bond acceptors (Lipinski definition) is 4. The first kappa shape index (κ1) is 13.7. The van der Waals surface area contributed by atoms with Gasteiger partial charge in [0.25, 0.3) is 11.8 Å². The SMILES string of the molecule is CCN(N)CCN1C(=O)c2cccc3cccc(c23)C1=O. The number of amides is 2. The Morgan fingerprint density at radius 2 is 1.62 bits per heavy atom. The summed E-state index contributed by atoms with van der Waals surface area (Å²) in [5.41, 5.74) is 1.17. The maximum absolute atomic E-state index is 12.6. The van der Waals surface area contributed by atoms with Crippen molar-refractivity contribution in [3.8, 4) is 0 Å². The summed E-state index contributed by atoms with van der Waals surface area (Å²) in [6, 6.07) is 11.1. The van der Waals surface area contributed by atoms with Crippen molar-refractivity contribution >= 4 is 22.6 Å². The minimum Gasteiger partial charge on any atom is -0.273 e. The standard InChI is InChI=1S/C16H17N3O2/c1-2-18(17)9-10-19-15(20)12-7-3-5-11-6-4-8-13(14(11)12)16(19)21/h3-8H,2,9-10,17H2,1H3. The van der Waals surface area contributed by atoms with E-state index in [-0.39, 0.29) is 11.8 Å². The summed E-state index contributed by atoms with van der Waals surface area (Å²) in [4.78, 5) is 26.4. The van der Waals surface area contributed by atoms with Gasteiger partial charge in [-0.1, -0.05) is 31.2 Å². The predicted molar refractivity (Wildman–Crippen MR) is 80.7 cm³/mol. The summed E-state index contributed by atoms with van der Waals surface area (Å²) in [7, 11) is 0. The van der Waals surface area contributed by atoms with Gasteiger partial charge >= 0.3 is 0 Å². The van der Waals surface area contributed by atoms with E-state index >= 15 is 0 Å². The van der Waals surface area contributed by atoms with Gasteiger partial charge < -0.3 is 0 Å². The first-order valence-electron chi connectivity index (χ1n) is 7.01. The molecule has 0 bridgehead atoms. The molecule has 2 aromatic rings. The fourth-order valence-corrected chi connectivity index (χ4v) is 2.67. The van der Waals surface area contributed by atoms with E-state index in [2.05, 4.69) is 0 Å². The molecule has 2 aromatic carbocycles. The van der Waals surface area contributed by atoms with Gasteiger partial charge in [-0.2, -0.15) is 0 Å². The Kier molecular flexibility index (Phi) is 3.45. The fraction of sp³-hybridized carbons (Fsp3) is 0.250. The molecule has 1 heterocycles. The summed E-state index contributed by atoms with van der Waals surface area (Å²) >= 11 is 0. The zero-order chi connectivity index (χ0) is 15.0. The summed E-state index contributed by atoms with van der Waals surface area (Å²) in [5, 5.41) is 3.26. The molecule has 0 aromatic heterocycles. The highest BCUT2D eigenvalue weighted by atomic mass is 16.2. The van der Waals surface area contributed by atoms with Crippen molar-refractivity contribution in [1.82, 2.24) is 9.91 Å². The van der Waals surface area contributed by atoms with Gasteiger partial charge in [0.2, 0.25) is 0 Å². The Labute approximate surface area is 122 Å². The normalized spacial score (nSPS) is 14.3. The van der Waals surface area contributed by atoms with Gasteiger partial charge in [-0.05, 0) is 17.5 Å². The van der Waals surface area contributed by atoms with Gasteiger partial charge in [-0.25, -0.2) is 5.01 Å². The maximum Gasteiger partial charge on any atom is 0.261 e. The molecular formula is C16H17N3O2. The van der Waals surface area contributed by atoms with Gasteiger partial charge in [0.05, 0.1) is 0 Å². The molecule has 1 aliphatic rings. The predicted octanol–water partition coefficient (Wildman–Crippen LogP) is 1.63. The minimum absolute atomic E-state index is 0.242. The lowest BCUT2D eigenvalue weighted by Gasteiger charge is -2.28. The number of hydrogen-bond donors (Lipinski definition) is 1. The van der Waals surface area contributed by atoms with Crippen LogP contribution in [0.3, 0.4) is 0 Å². The largest absolute Gasteiger partial charge is 0.273 e. The van der Waals surface area contributed by atoms with Gasteiger partial charge in [-0.15, -0.1) is 0 Å². The van der Waals surface area contributed by atoms with Crippen LogP contribution in [0.5, 0.6) is 0 Å². The average Bonchev–Trinajstić information content (AvgIpc) is 2.52. The number of nitrogens with two attached hydrogens (primary N) is 1. The summed E-state index contributed by atoms with van der Waals surface area (Å²) in [6.45, 7) is 3.36. The van der Waals surface area contributed by atoms with E-state index in [4.69, 9.17) is 5.84 Å². The van der Waals surface area contributed by atoms with Crippen LogP contribution in [0, 0.1) is 0 Å². The number of carbonyl (C=O) groups is 2. The number of likely N-dealkylation sites (N-methyl/N-ethyl adjacent to an activating group) is 1. The Morgan fingerprint density at radius 3 is 2.14 bits per heavy atom. The lowest BCUT2D eigenvalue weighted by Crippen LogP contribution is -2.46. The lowest BCUT2D eigenvalue weighted by molar-refractivity contribution is 0.0594. The van der Waals surface area contributed by atoms with Crippen molar-refractivity contribution in [2.24, 2.45) is 5.84 Å². The van der Waals surface area contributed by atoms with Crippen molar-refractivity contribution < 1.29 is 9.59 Å². The quantitative estimate of drug-likeness (QED) is 0.526. The second-order valence-electron chi connectivity index (χ2n) is 5.10. The van der Waals surface area contributed by atoms with Crippen LogP contribution in [0.15, 0.2) is 36.4 Å².